The Morgan fingerprint density at radius 1 is 1.07 bits per heavy atom. The molecule has 0 fully saturated rings. The number of nitrogens with zero attached hydrogens (tertiary/aromatic N) is 1. The smallest absolute Gasteiger partial charge is 0.186 e. The molecule has 0 unspecified atom stereocenters. The van der Waals surface area contributed by atoms with Crippen LogP contribution in [0.5, 0.6) is 17.2 Å². The second-order valence-electron chi connectivity index (χ2n) is 6.19. The van der Waals surface area contributed by atoms with Crippen molar-refractivity contribution in [2.75, 3.05) is 27.6 Å². The fraction of sp³-hybridized carbons (Fsp3) is 0.227. The third kappa shape index (κ3) is 3.73. The molecule has 5 nitrogen and oxygen atoms in total. The molecule has 0 spiro atoms. The molecular weight excluding hydrogens is 374 g/mol. The second-order valence-corrected chi connectivity index (χ2v) is 7.04. The van der Waals surface area contributed by atoms with Gasteiger partial charge >= 0.3 is 0 Å². The summed E-state index contributed by atoms with van der Waals surface area (Å²) in [6.07, 6.45) is 7.36. The Bertz CT molecular complexity index is 1030. The average Bonchev–Trinajstić information content (AvgIpc) is 3.05. The maximum Gasteiger partial charge on any atom is 0.186 e. The van der Waals surface area contributed by atoms with E-state index < -0.39 is 0 Å². The lowest BCUT2D eigenvalue weighted by atomic mass is 10.1. The van der Waals surface area contributed by atoms with Crippen LogP contribution >= 0.6 is 11.8 Å². The summed E-state index contributed by atoms with van der Waals surface area (Å²) in [4.78, 5) is 13.6. The van der Waals surface area contributed by atoms with Crippen molar-refractivity contribution in [3.63, 3.8) is 0 Å². The Morgan fingerprint density at radius 2 is 1.86 bits per heavy atom. The van der Waals surface area contributed by atoms with Gasteiger partial charge in [-0.05, 0) is 42.7 Å². The Morgan fingerprint density at radius 3 is 2.50 bits per heavy atom. The SMILES string of the molecule is COc1ccc2c(/C=C/C(=O)c3cc(OC)c(OC)c(SC)c3)cn(C)c2c1. The normalized spacial score (nSPS) is 11.2. The van der Waals surface area contributed by atoms with Gasteiger partial charge in [0.15, 0.2) is 17.3 Å². The largest absolute Gasteiger partial charge is 0.497 e. The van der Waals surface area contributed by atoms with Gasteiger partial charge in [-0.15, -0.1) is 11.8 Å². The zero-order chi connectivity index (χ0) is 20.3. The Labute approximate surface area is 168 Å². The molecule has 0 amide bonds. The summed E-state index contributed by atoms with van der Waals surface area (Å²) in [5, 5.41) is 1.06. The molecular formula is C22H23NO4S. The van der Waals surface area contributed by atoms with E-state index in [0.717, 1.165) is 27.1 Å². The highest BCUT2D eigenvalue weighted by Crippen LogP contribution is 2.38. The molecule has 1 heterocycles. The number of ketones is 1. The highest BCUT2D eigenvalue weighted by molar-refractivity contribution is 7.98. The van der Waals surface area contributed by atoms with Gasteiger partial charge in [-0.2, -0.15) is 0 Å². The van der Waals surface area contributed by atoms with Gasteiger partial charge in [0.05, 0.1) is 31.7 Å². The molecule has 3 aromatic rings. The first-order valence-corrected chi connectivity index (χ1v) is 9.90. The zero-order valence-electron chi connectivity index (χ0n) is 16.6. The molecule has 0 aliphatic carbocycles. The molecule has 0 atom stereocenters. The van der Waals surface area contributed by atoms with Gasteiger partial charge in [-0.25, -0.2) is 0 Å². The van der Waals surface area contributed by atoms with Crippen LogP contribution in [-0.4, -0.2) is 37.9 Å². The molecule has 146 valence electrons. The van der Waals surface area contributed by atoms with Crippen molar-refractivity contribution in [3.8, 4) is 17.2 Å². The number of fused-ring (bicyclic) bond motifs is 1. The third-order valence-corrected chi connectivity index (χ3v) is 5.34. The number of allylic oxidation sites excluding steroid dienone is 1. The number of aromatic nitrogens is 1. The van der Waals surface area contributed by atoms with Crippen LogP contribution in [-0.2, 0) is 7.05 Å². The van der Waals surface area contributed by atoms with E-state index in [2.05, 4.69) is 0 Å². The maximum atomic E-state index is 12.8. The lowest BCUT2D eigenvalue weighted by molar-refractivity contribution is 0.104. The van der Waals surface area contributed by atoms with Gasteiger partial charge in [0.25, 0.3) is 0 Å². The van der Waals surface area contributed by atoms with Crippen molar-refractivity contribution in [2.24, 2.45) is 7.05 Å². The molecule has 0 bridgehead atoms. The summed E-state index contributed by atoms with van der Waals surface area (Å²) in [7, 11) is 6.78. The summed E-state index contributed by atoms with van der Waals surface area (Å²) >= 11 is 1.51. The summed E-state index contributed by atoms with van der Waals surface area (Å²) in [5.41, 5.74) is 2.57. The Hall–Kier alpha value is -2.86. The van der Waals surface area contributed by atoms with Crippen LogP contribution in [0.2, 0.25) is 0 Å². The number of carbonyl (C=O) groups is 1. The Balaban J connectivity index is 1.95. The lowest BCUT2D eigenvalue weighted by Crippen LogP contribution is -1.99. The van der Waals surface area contributed by atoms with Crippen LogP contribution < -0.4 is 14.2 Å². The van der Waals surface area contributed by atoms with Gasteiger partial charge in [-0.1, -0.05) is 0 Å². The molecule has 28 heavy (non-hydrogen) atoms. The molecule has 2 aromatic carbocycles. The van der Waals surface area contributed by atoms with Gasteiger partial charge in [0, 0.05) is 35.8 Å². The molecule has 6 heteroatoms. The van der Waals surface area contributed by atoms with E-state index in [9.17, 15) is 4.79 Å². The maximum absolute atomic E-state index is 12.8. The summed E-state index contributed by atoms with van der Waals surface area (Å²) in [6.45, 7) is 0. The van der Waals surface area contributed by atoms with E-state index in [4.69, 9.17) is 14.2 Å². The molecule has 0 aliphatic rings. The minimum Gasteiger partial charge on any atom is -0.497 e. The number of carbonyl (C=O) groups excluding carboxylic acids is 1. The quantitative estimate of drug-likeness (QED) is 0.325. The first-order valence-electron chi connectivity index (χ1n) is 8.67. The van der Waals surface area contributed by atoms with Crippen molar-refractivity contribution < 1.29 is 19.0 Å². The van der Waals surface area contributed by atoms with Gasteiger partial charge in [-0.3, -0.25) is 4.79 Å². The van der Waals surface area contributed by atoms with Crippen LogP contribution in [0.1, 0.15) is 15.9 Å². The molecule has 0 saturated heterocycles. The number of benzene rings is 2. The summed E-state index contributed by atoms with van der Waals surface area (Å²) < 4.78 is 18.1. The molecule has 0 radical (unpaired) electrons. The predicted octanol–water partition coefficient (Wildman–Crippen LogP) is 4.82. The standard InChI is InChI=1S/C22H23NO4S/c1-23-13-14(17-8-7-16(25-2)12-18(17)23)6-9-19(24)15-10-20(26-3)22(27-4)21(11-15)28-5/h6-13H,1-5H3/b9-6+. The molecule has 0 aliphatic heterocycles. The average molecular weight is 397 g/mol. The highest BCUT2D eigenvalue weighted by atomic mass is 32.2. The topological polar surface area (TPSA) is 49.7 Å². The van der Waals surface area contributed by atoms with Crippen LogP contribution in [0, 0.1) is 0 Å². The van der Waals surface area contributed by atoms with E-state index >= 15 is 0 Å². The molecule has 0 saturated carbocycles. The number of methoxy groups -OCH3 is 3. The predicted molar refractivity (Wildman–Crippen MR) is 114 cm³/mol. The van der Waals surface area contributed by atoms with Crippen molar-refractivity contribution >= 4 is 34.5 Å². The Kier molecular flexibility index (Phi) is 5.99. The molecule has 1 aromatic heterocycles. The van der Waals surface area contributed by atoms with Gasteiger partial charge < -0.3 is 18.8 Å². The number of aryl methyl sites for hydroxylation is 1. The van der Waals surface area contributed by atoms with E-state index in [0.29, 0.717) is 17.1 Å². The van der Waals surface area contributed by atoms with E-state index in [1.807, 2.05) is 54.4 Å². The van der Waals surface area contributed by atoms with Crippen molar-refractivity contribution in [1.29, 1.82) is 0 Å². The lowest BCUT2D eigenvalue weighted by Gasteiger charge is -2.12. The molecule has 3 rings (SSSR count). The van der Waals surface area contributed by atoms with Crippen molar-refractivity contribution in [2.45, 2.75) is 4.90 Å². The number of rotatable bonds is 7. The fourth-order valence-electron chi connectivity index (χ4n) is 3.14. The van der Waals surface area contributed by atoms with Crippen LogP contribution in [0.4, 0.5) is 0 Å². The number of thioether (sulfide) groups is 1. The highest BCUT2D eigenvalue weighted by Gasteiger charge is 2.15. The molecule has 0 N–H and O–H groups in total. The minimum absolute atomic E-state index is 0.0956. The summed E-state index contributed by atoms with van der Waals surface area (Å²) in [6, 6.07) is 9.43. The zero-order valence-corrected chi connectivity index (χ0v) is 17.4. The first kappa shape index (κ1) is 19.9. The van der Waals surface area contributed by atoms with E-state index in [-0.39, 0.29) is 5.78 Å². The summed E-state index contributed by atoms with van der Waals surface area (Å²) in [5.74, 6) is 1.89. The fourth-order valence-corrected chi connectivity index (χ4v) is 3.75. The third-order valence-electron chi connectivity index (χ3n) is 4.59. The van der Waals surface area contributed by atoms with Crippen molar-refractivity contribution in [1.82, 2.24) is 4.57 Å². The van der Waals surface area contributed by atoms with Crippen LogP contribution in [0.15, 0.2) is 47.5 Å². The minimum atomic E-state index is -0.0956. The second kappa shape index (κ2) is 8.44. The van der Waals surface area contributed by atoms with Crippen molar-refractivity contribution in [3.05, 3.63) is 53.7 Å². The number of hydrogen-bond donors (Lipinski definition) is 0. The number of ether oxygens (including phenoxy) is 3. The monoisotopic (exact) mass is 397 g/mol. The van der Waals surface area contributed by atoms with Gasteiger partial charge in [0.2, 0.25) is 0 Å². The van der Waals surface area contributed by atoms with E-state index in [1.165, 1.54) is 11.8 Å². The van der Waals surface area contributed by atoms with Crippen LogP contribution in [0.3, 0.4) is 0 Å². The van der Waals surface area contributed by atoms with E-state index in [1.54, 1.807) is 33.5 Å². The van der Waals surface area contributed by atoms with Gasteiger partial charge in [0.1, 0.15) is 5.75 Å². The van der Waals surface area contributed by atoms with Crippen LogP contribution in [0.25, 0.3) is 17.0 Å². The first-order chi connectivity index (χ1) is 13.5. The number of hydrogen-bond acceptors (Lipinski definition) is 5.